The topological polar surface area (TPSA) is 126 Å². The Morgan fingerprint density at radius 2 is 1.94 bits per heavy atom. The van der Waals surface area contributed by atoms with Gasteiger partial charge in [-0.1, -0.05) is 11.6 Å². The summed E-state index contributed by atoms with van der Waals surface area (Å²) in [7, 11) is -0.741. The van der Waals surface area contributed by atoms with Gasteiger partial charge in [-0.2, -0.15) is 9.39 Å². The van der Waals surface area contributed by atoms with Crippen LogP contribution >= 0.6 is 23.5 Å². The van der Waals surface area contributed by atoms with Crippen molar-refractivity contribution in [1.29, 1.82) is 5.41 Å². The van der Waals surface area contributed by atoms with E-state index in [4.69, 9.17) is 26.5 Å². The number of fused-ring (bicyclic) bond motifs is 1. The number of carbonyl (C=O) groups excluding carboxylic acids is 1. The standard InChI is InChI=1S/C19H16ClN5O5S2/c1-29-14-9-15(30-2)13(8-12(14)20)24-6-4-5-10(24)7-11-16(21)25-18(22-17(11)26)31-23-19(25)32(3,27)28/h4-9,21H,1-3H3/b11-7-,21-16?. The molecule has 2 aliphatic rings. The fourth-order valence-electron chi connectivity index (χ4n) is 3.15. The zero-order chi connectivity index (χ0) is 23.2. The number of sulfone groups is 1. The predicted octanol–water partition coefficient (Wildman–Crippen LogP) is 2.77. The van der Waals surface area contributed by atoms with Crippen molar-refractivity contribution < 1.29 is 22.7 Å². The molecule has 4 rings (SSSR count). The number of carbonyl (C=O) groups is 1. The fourth-order valence-corrected chi connectivity index (χ4v) is 5.23. The number of amidine groups is 3. The van der Waals surface area contributed by atoms with E-state index in [2.05, 4.69) is 9.39 Å². The average Bonchev–Trinajstić information content (AvgIpc) is 3.37. The van der Waals surface area contributed by atoms with E-state index in [0.29, 0.717) is 27.9 Å². The minimum atomic E-state index is -3.73. The van der Waals surface area contributed by atoms with Gasteiger partial charge < -0.3 is 14.0 Å². The molecule has 0 atom stereocenters. The molecular weight excluding hydrogens is 478 g/mol. The third kappa shape index (κ3) is 3.70. The van der Waals surface area contributed by atoms with Gasteiger partial charge in [0.25, 0.3) is 5.91 Å². The van der Waals surface area contributed by atoms with Gasteiger partial charge in [-0.05, 0) is 24.3 Å². The lowest BCUT2D eigenvalue weighted by molar-refractivity contribution is -0.114. The summed E-state index contributed by atoms with van der Waals surface area (Å²) in [6, 6.07) is 6.74. The quantitative estimate of drug-likeness (QED) is 0.512. The number of hydrogen-bond donors (Lipinski definition) is 1. The van der Waals surface area contributed by atoms with Crippen LogP contribution in [0.5, 0.6) is 11.5 Å². The van der Waals surface area contributed by atoms with Gasteiger partial charge in [-0.25, -0.2) is 13.3 Å². The van der Waals surface area contributed by atoms with Gasteiger partial charge in [-0.15, -0.1) is 0 Å². The van der Waals surface area contributed by atoms with Crippen molar-refractivity contribution >= 4 is 61.5 Å². The summed E-state index contributed by atoms with van der Waals surface area (Å²) < 4.78 is 40.4. The molecule has 1 N–H and O–H groups in total. The van der Waals surface area contributed by atoms with Crippen LogP contribution < -0.4 is 9.47 Å². The first-order valence-electron chi connectivity index (χ1n) is 8.93. The number of nitrogens with one attached hydrogen (secondary N) is 1. The van der Waals surface area contributed by atoms with Crippen molar-refractivity contribution in [2.75, 3.05) is 20.5 Å². The van der Waals surface area contributed by atoms with Crippen LogP contribution in [0.4, 0.5) is 0 Å². The first kappa shape index (κ1) is 22.1. The molecule has 166 valence electrons. The van der Waals surface area contributed by atoms with Crippen LogP contribution in [0.1, 0.15) is 5.69 Å². The van der Waals surface area contributed by atoms with Crippen molar-refractivity contribution in [2.24, 2.45) is 9.39 Å². The summed E-state index contributed by atoms with van der Waals surface area (Å²) in [4.78, 5) is 17.6. The van der Waals surface area contributed by atoms with Crippen LogP contribution in [0.15, 0.2) is 45.4 Å². The molecule has 1 aromatic heterocycles. The molecule has 0 bridgehead atoms. The normalized spacial score (nSPS) is 17.4. The van der Waals surface area contributed by atoms with E-state index in [9.17, 15) is 13.2 Å². The summed E-state index contributed by atoms with van der Waals surface area (Å²) >= 11 is 7.03. The number of amides is 1. The second-order valence-corrected chi connectivity index (χ2v) is 9.69. The molecule has 1 amide bonds. The van der Waals surface area contributed by atoms with E-state index in [1.165, 1.54) is 20.3 Å². The molecule has 0 unspecified atom stereocenters. The molecule has 0 saturated heterocycles. The first-order chi connectivity index (χ1) is 15.2. The average molecular weight is 494 g/mol. The SMILES string of the molecule is COc1cc(OC)c(-n2cccc2/C=C2/C(=N)N3C(=NC2=O)SN=C3S(C)(=O)=O)cc1Cl. The molecule has 3 heterocycles. The second-order valence-electron chi connectivity index (χ2n) is 6.64. The van der Waals surface area contributed by atoms with E-state index in [-0.39, 0.29) is 21.7 Å². The van der Waals surface area contributed by atoms with Crippen molar-refractivity contribution in [3.05, 3.63) is 46.8 Å². The summed E-state index contributed by atoms with van der Waals surface area (Å²) in [5.74, 6) is -0.104. The highest BCUT2D eigenvalue weighted by Crippen LogP contribution is 2.36. The molecule has 0 radical (unpaired) electrons. The number of methoxy groups -OCH3 is 2. The summed E-state index contributed by atoms with van der Waals surface area (Å²) in [5.41, 5.74) is 0.997. The van der Waals surface area contributed by atoms with E-state index in [1.54, 1.807) is 35.0 Å². The second kappa shape index (κ2) is 8.11. The summed E-state index contributed by atoms with van der Waals surface area (Å²) in [6.45, 7) is 0. The summed E-state index contributed by atoms with van der Waals surface area (Å²) in [6.07, 6.45) is 4.16. The van der Waals surface area contributed by atoms with Crippen LogP contribution in [-0.2, 0) is 14.6 Å². The molecule has 13 heteroatoms. The predicted molar refractivity (Wildman–Crippen MR) is 124 cm³/mol. The number of aliphatic imine (C=N–C) groups is 1. The van der Waals surface area contributed by atoms with Crippen LogP contribution in [0.3, 0.4) is 0 Å². The molecule has 10 nitrogen and oxygen atoms in total. The Hall–Kier alpha value is -3.09. The molecule has 2 aromatic rings. The third-order valence-electron chi connectivity index (χ3n) is 4.61. The van der Waals surface area contributed by atoms with Crippen LogP contribution in [0.2, 0.25) is 5.02 Å². The Morgan fingerprint density at radius 3 is 2.59 bits per heavy atom. The molecule has 32 heavy (non-hydrogen) atoms. The third-order valence-corrected chi connectivity index (χ3v) is 6.66. The van der Waals surface area contributed by atoms with Gasteiger partial charge in [0.1, 0.15) is 17.3 Å². The van der Waals surface area contributed by atoms with Crippen molar-refractivity contribution in [3.8, 4) is 17.2 Å². The number of rotatable bonds is 4. The zero-order valence-corrected chi connectivity index (χ0v) is 19.4. The molecule has 0 saturated carbocycles. The highest BCUT2D eigenvalue weighted by molar-refractivity contribution is 8.16. The minimum Gasteiger partial charge on any atom is -0.495 e. The number of hydrogen-bond acceptors (Lipinski definition) is 8. The molecule has 1 aromatic carbocycles. The van der Waals surface area contributed by atoms with E-state index >= 15 is 0 Å². The molecule has 0 fully saturated rings. The Kier molecular flexibility index (Phi) is 5.61. The highest BCUT2D eigenvalue weighted by Gasteiger charge is 2.41. The zero-order valence-electron chi connectivity index (χ0n) is 17.0. The Balaban J connectivity index is 1.81. The maximum Gasteiger partial charge on any atom is 0.283 e. The van der Waals surface area contributed by atoms with Gasteiger partial charge in [0.15, 0.2) is 0 Å². The minimum absolute atomic E-state index is 0.0246. The van der Waals surface area contributed by atoms with Crippen LogP contribution in [0.25, 0.3) is 11.8 Å². The number of benzene rings is 1. The molecule has 2 aliphatic heterocycles. The molecule has 0 aliphatic carbocycles. The highest BCUT2D eigenvalue weighted by atomic mass is 35.5. The van der Waals surface area contributed by atoms with Gasteiger partial charge in [0.2, 0.25) is 20.2 Å². The van der Waals surface area contributed by atoms with Gasteiger partial charge in [0.05, 0.1) is 42.5 Å². The Morgan fingerprint density at radius 1 is 1.22 bits per heavy atom. The van der Waals surface area contributed by atoms with E-state index in [1.807, 2.05) is 0 Å². The fraction of sp³-hybridized carbons (Fsp3) is 0.158. The lowest BCUT2D eigenvalue weighted by Gasteiger charge is -2.24. The number of nitrogens with zero attached hydrogens (tertiary/aromatic N) is 4. The van der Waals surface area contributed by atoms with Crippen molar-refractivity contribution in [3.63, 3.8) is 0 Å². The lowest BCUT2D eigenvalue weighted by Crippen LogP contribution is -2.45. The Labute approximate surface area is 192 Å². The largest absolute Gasteiger partial charge is 0.495 e. The van der Waals surface area contributed by atoms with Gasteiger partial charge in [0, 0.05) is 24.2 Å². The van der Waals surface area contributed by atoms with Crippen LogP contribution in [-0.4, -0.2) is 60.4 Å². The Bertz CT molecular complexity index is 1360. The van der Waals surface area contributed by atoms with E-state index < -0.39 is 15.7 Å². The van der Waals surface area contributed by atoms with Gasteiger partial charge in [-0.3, -0.25) is 10.2 Å². The lowest BCUT2D eigenvalue weighted by atomic mass is 10.1. The maximum absolute atomic E-state index is 12.6. The summed E-state index contributed by atoms with van der Waals surface area (Å²) in [5, 5.41) is 8.52. The number of ether oxygens (including phenoxy) is 2. The smallest absolute Gasteiger partial charge is 0.283 e. The van der Waals surface area contributed by atoms with Crippen molar-refractivity contribution in [1.82, 2.24) is 9.47 Å². The first-order valence-corrected chi connectivity index (χ1v) is 12.0. The maximum atomic E-state index is 12.6. The van der Waals surface area contributed by atoms with Crippen LogP contribution in [0, 0.1) is 5.41 Å². The van der Waals surface area contributed by atoms with Gasteiger partial charge >= 0.3 is 0 Å². The monoisotopic (exact) mass is 493 g/mol. The molecular formula is C19H16ClN5O5S2. The number of halogens is 1. The number of aromatic nitrogens is 1. The van der Waals surface area contributed by atoms with Crippen molar-refractivity contribution in [2.45, 2.75) is 0 Å². The van der Waals surface area contributed by atoms with E-state index in [0.717, 1.165) is 23.1 Å². The molecule has 0 spiro atoms.